The molecule has 0 aliphatic carbocycles. The fraction of sp³-hybridized carbons (Fsp3) is 0.939. The number of phosphoric ester groups is 1. The predicted octanol–water partition coefficient (Wildman–Crippen LogP) is 15.4. The van der Waals surface area contributed by atoms with Crippen LogP contribution in [-0.2, 0) is 27.9 Å². The fourth-order valence-corrected chi connectivity index (χ4v) is 8.23. The Bertz CT molecular complexity index is 904. The summed E-state index contributed by atoms with van der Waals surface area (Å²) in [6.07, 6.45) is 52.6. The first-order chi connectivity index (χ1) is 28.4. The van der Waals surface area contributed by atoms with Gasteiger partial charge in [-0.3, -0.25) is 13.8 Å². The summed E-state index contributed by atoms with van der Waals surface area (Å²) in [5.74, 6) is -0.334. The highest BCUT2D eigenvalue weighted by atomic mass is 31.2. The SMILES string of the molecule is CCCCCC/C=C\CCCCCCCC(=O)OC(COCCCCCCCCCCCCCCCCCCCCCCCCCCCC)COP(=O)(O)OCCN. The molecule has 0 aromatic carbocycles. The zero-order valence-corrected chi connectivity index (χ0v) is 39.5. The van der Waals surface area contributed by atoms with Gasteiger partial charge in [-0.2, -0.15) is 0 Å². The van der Waals surface area contributed by atoms with Gasteiger partial charge in [-0.25, -0.2) is 4.57 Å². The highest BCUT2D eigenvalue weighted by molar-refractivity contribution is 7.47. The van der Waals surface area contributed by atoms with Gasteiger partial charge in [-0.15, -0.1) is 0 Å². The van der Waals surface area contributed by atoms with Crippen LogP contribution in [-0.4, -0.2) is 49.9 Å². The zero-order valence-electron chi connectivity index (χ0n) is 38.6. The van der Waals surface area contributed by atoms with Crippen molar-refractivity contribution < 1.29 is 32.8 Å². The monoisotopic (exact) mass is 844 g/mol. The van der Waals surface area contributed by atoms with Crippen LogP contribution in [0.4, 0.5) is 0 Å². The third-order valence-electron chi connectivity index (χ3n) is 11.2. The molecule has 2 unspecified atom stereocenters. The van der Waals surface area contributed by atoms with E-state index in [9.17, 15) is 14.3 Å². The molecule has 0 saturated heterocycles. The summed E-state index contributed by atoms with van der Waals surface area (Å²) in [4.78, 5) is 22.5. The van der Waals surface area contributed by atoms with Crippen LogP contribution in [0, 0.1) is 0 Å². The second-order valence-electron chi connectivity index (χ2n) is 17.0. The van der Waals surface area contributed by atoms with Crippen LogP contribution in [0.1, 0.15) is 258 Å². The van der Waals surface area contributed by atoms with Crippen molar-refractivity contribution in [2.45, 2.75) is 264 Å². The number of allylic oxidation sites excluding steroid dienone is 2. The average Bonchev–Trinajstić information content (AvgIpc) is 3.21. The molecule has 0 amide bonds. The Morgan fingerprint density at radius 2 is 0.862 bits per heavy atom. The molecule has 0 bridgehead atoms. The molecule has 0 aliphatic heterocycles. The second kappa shape index (κ2) is 47.3. The Morgan fingerprint density at radius 3 is 1.28 bits per heavy atom. The molecule has 0 aromatic heterocycles. The van der Waals surface area contributed by atoms with E-state index < -0.39 is 13.9 Å². The molecule has 0 saturated carbocycles. The smallest absolute Gasteiger partial charge is 0.457 e. The minimum Gasteiger partial charge on any atom is -0.457 e. The van der Waals surface area contributed by atoms with Gasteiger partial charge in [-0.05, 0) is 38.5 Å². The van der Waals surface area contributed by atoms with Gasteiger partial charge < -0.3 is 20.1 Å². The van der Waals surface area contributed by atoms with Gasteiger partial charge in [0.2, 0.25) is 0 Å². The molecular weight excluding hydrogens is 746 g/mol. The van der Waals surface area contributed by atoms with E-state index in [2.05, 4.69) is 26.0 Å². The topological polar surface area (TPSA) is 117 Å². The molecule has 0 fully saturated rings. The molecule has 9 heteroatoms. The maximum Gasteiger partial charge on any atom is 0.472 e. The van der Waals surface area contributed by atoms with Crippen LogP contribution in [0.3, 0.4) is 0 Å². The third kappa shape index (κ3) is 46.3. The molecule has 8 nitrogen and oxygen atoms in total. The van der Waals surface area contributed by atoms with E-state index in [1.54, 1.807) is 0 Å². The van der Waals surface area contributed by atoms with Gasteiger partial charge in [0.05, 0.1) is 19.8 Å². The Labute approximate surface area is 360 Å². The molecule has 3 N–H and O–H groups in total. The number of rotatable bonds is 49. The number of hydrogen-bond donors (Lipinski definition) is 2. The largest absolute Gasteiger partial charge is 0.472 e. The van der Waals surface area contributed by atoms with Crippen molar-refractivity contribution in [1.82, 2.24) is 0 Å². The Kier molecular flexibility index (Phi) is 46.7. The molecule has 58 heavy (non-hydrogen) atoms. The van der Waals surface area contributed by atoms with Crippen molar-refractivity contribution in [3.63, 3.8) is 0 Å². The lowest BCUT2D eigenvalue weighted by Crippen LogP contribution is -2.28. The normalized spacial score (nSPS) is 13.4. The standard InChI is InChI=1S/C49H98NO7P/c1-3-5-7-9-11-13-15-17-18-19-20-21-22-23-24-25-26-27-28-29-31-33-35-37-39-41-44-54-46-48(47-56-58(52,53)55-45-43-50)57-49(51)42-40-38-36-34-32-30-16-14-12-10-8-6-4-2/h14,16,48H,3-13,15,17-47,50H2,1-2H3,(H,52,53)/b16-14-. The van der Waals surface area contributed by atoms with Crippen LogP contribution in [0.5, 0.6) is 0 Å². The van der Waals surface area contributed by atoms with Crippen LogP contribution >= 0.6 is 7.82 Å². The Hall–Kier alpha value is -0.760. The number of esters is 1. The van der Waals surface area contributed by atoms with Crippen molar-refractivity contribution in [3.05, 3.63) is 12.2 Å². The van der Waals surface area contributed by atoms with Gasteiger partial charge in [0.15, 0.2) is 0 Å². The molecule has 346 valence electrons. The highest BCUT2D eigenvalue weighted by Crippen LogP contribution is 2.43. The van der Waals surface area contributed by atoms with E-state index in [0.29, 0.717) is 13.0 Å². The van der Waals surface area contributed by atoms with Gasteiger partial charge in [-0.1, -0.05) is 225 Å². The minimum atomic E-state index is -4.28. The first-order valence-corrected chi connectivity index (χ1v) is 26.7. The molecule has 0 rings (SSSR count). The van der Waals surface area contributed by atoms with Gasteiger partial charge >= 0.3 is 13.8 Å². The number of ether oxygens (including phenoxy) is 2. The summed E-state index contributed by atoms with van der Waals surface area (Å²) >= 11 is 0. The summed E-state index contributed by atoms with van der Waals surface area (Å²) in [6.45, 7) is 4.95. The van der Waals surface area contributed by atoms with E-state index in [1.165, 1.54) is 193 Å². The van der Waals surface area contributed by atoms with Crippen LogP contribution in [0.15, 0.2) is 12.2 Å². The summed E-state index contributed by atoms with van der Waals surface area (Å²) in [6, 6.07) is 0. The van der Waals surface area contributed by atoms with Gasteiger partial charge in [0.25, 0.3) is 0 Å². The Morgan fingerprint density at radius 1 is 0.500 bits per heavy atom. The summed E-state index contributed by atoms with van der Waals surface area (Å²) < 4.78 is 33.5. The number of unbranched alkanes of at least 4 members (excludes halogenated alkanes) is 34. The van der Waals surface area contributed by atoms with Crippen LogP contribution in [0.25, 0.3) is 0 Å². The quantitative estimate of drug-likeness (QED) is 0.0269. The third-order valence-corrected chi connectivity index (χ3v) is 12.2. The molecule has 2 atom stereocenters. The van der Waals surface area contributed by atoms with Crippen molar-refractivity contribution in [2.24, 2.45) is 5.73 Å². The lowest BCUT2D eigenvalue weighted by atomic mass is 10.0. The van der Waals surface area contributed by atoms with E-state index >= 15 is 0 Å². The van der Waals surface area contributed by atoms with E-state index in [4.69, 9.17) is 24.3 Å². The molecular formula is C49H98NO7P. The number of nitrogens with two attached hydrogens (primary N) is 1. The van der Waals surface area contributed by atoms with E-state index in [-0.39, 0.29) is 32.3 Å². The fourth-order valence-electron chi connectivity index (χ4n) is 7.46. The summed E-state index contributed by atoms with van der Waals surface area (Å²) in [5, 5.41) is 0. The maximum atomic E-state index is 12.6. The predicted molar refractivity (Wildman–Crippen MR) is 247 cm³/mol. The summed E-state index contributed by atoms with van der Waals surface area (Å²) in [7, 11) is -4.28. The van der Waals surface area contributed by atoms with E-state index in [1.807, 2.05) is 0 Å². The number of hydrogen-bond acceptors (Lipinski definition) is 7. The average molecular weight is 844 g/mol. The zero-order chi connectivity index (χ0) is 42.3. The maximum absolute atomic E-state index is 12.6. The van der Waals surface area contributed by atoms with Crippen molar-refractivity contribution >= 4 is 13.8 Å². The highest BCUT2D eigenvalue weighted by Gasteiger charge is 2.25. The number of carbonyl (C=O) groups is 1. The Balaban J connectivity index is 3.82. The number of phosphoric acid groups is 1. The van der Waals surface area contributed by atoms with Crippen molar-refractivity contribution in [2.75, 3.05) is 33.0 Å². The molecule has 0 aliphatic rings. The molecule has 0 aromatic rings. The lowest BCUT2D eigenvalue weighted by molar-refractivity contribution is -0.154. The van der Waals surface area contributed by atoms with E-state index in [0.717, 1.165) is 44.9 Å². The minimum absolute atomic E-state index is 0.0936. The second-order valence-corrected chi connectivity index (χ2v) is 18.5. The first kappa shape index (κ1) is 57.2. The van der Waals surface area contributed by atoms with Crippen LogP contribution in [0.2, 0.25) is 0 Å². The molecule has 0 radical (unpaired) electrons. The van der Waals surface area contributed by atoms with Crippen molar-refractivity contribution in [3.8, 4) is 0 Å². The molecule has 0 spiro atoms. The van der Waals surface area contributed by atoms with Gasteiger partial charge in [0, 0.05) is 19.6 Å². The summed E-state index contributed by atoms with van der Waals surface area (Å²) in [5.41, 5.74) is 5.38. The van der Waals surface area contributed by atoms with Crippen molar-refractivity contribution in [1.29, 1.82) is 0 Å². The molecule has 0 heterocycles. The first-order valence-electron chi connectivity index (χ1n) is 25.2. The number of carbonyl (C=O) groups excluding carboxylic acids is 1. The van der Waals surface area contributed by atoms with Gasteiger partial charge in [0.1, 0.15) is 6.10 Å². The van der Waals surface area contributed by atoms with Crippen LogP contribution < -0.4 is 5.73 Å². The lowest BCUT2D eigenvalue weighted by Gasteiger charge is -2.20.